The van der Waals surface area contributed by atoms with Crippen LogP contribution in [0.15, 0.2) is 28.8 Å². The lowest BCUT2D eigenvalue weighted by Gasteiger charge is -2.25. The molecule has 3 rings (SSSR count). The maximum absolute atomic E-state index is 11.8. The second kappa shape index (κ2) is 7.65. The molecule has 0 saturated heterocycles. The van der Waals surface area contributed by atoms with E-state index in [1.54, 1.807) is 0 Å². The van der Waals surface area contributed by atoms with E-state index < -0.39 is 0 Å². The van der Waals surface area contributed by atoms with Crippen molar-refractivity contribution < 1.29 is 18.8 Å². The molecule has 7 heteroatoms. The van der Waals surface area contributed by atoms with Crippen molar-refractivity contribution in [2.45, 2.75) is 45.3 Å². The van der Waals surface area contributed by atoms with Crippen LogP contribution in [0.5, 0.6) is 5.75 Å². The summed E-state index contributed by atoms with van der Waals surface area (Å²) >= 11 is 0. The number of carbonyl (C=O) groups excluding carboxylic acids is 1. The van der Waals surface area contributed by atoms with E-state index in [2.05, 4.69) is 15.0 Å². The molecule has 134 valence electrons. The lowest BCUT2D eigenvalue weighted by molar-refractivity contribution is -0.147. The molecule has 25 heavy (non-hydrogen) atoms. The van der Waals surface area contributed by atoms with Crippen LogP contribution in [0, 0.1) is 0 Å². The van der Waals surface area contributed by atoms with Crippen molar-refractivity contribution in [1.82, 2.24) is 15.0 Å². The Balaban J connectivity index is 1.70. The highest BCUT2D eigenvalue weighted by Crippen LogP contribution is 2.30. The van der Waals surface area contributed by atoms with E-state index in [1.165, 1.54) is 7.11 Å². The molecule has 0 unspecified atom stereocenters. The molecule has 1 heterocycles. The first-order chi connectivity index (χ1) is 12.1. The minimum Gasteiger partial charge on any atom is -0.494 e. The first-order valence-electron chi connectivity index (χ1n) is 8.51. The van der Waals surface area contributed by atoms with Gasteiger partial charge in [-0.25, -0.2) is 0 Å². The van der Waals surface area contributed by atoms with Crippen LogP contribution in [0.1, 0.15) is 32.6 Å². The topological polar surface area (TPSA) is 77.7 Å². The Bertz CT molecular complexity index is 709. The number of benzene rings is 1. The number of hydrogen-bond acceptors (Lipinski definition) is 7. The van der Waals surface area contributed by atoms with E-state index in [0.717, 1.165) is 24.2 Å². The van der Waals surface area contributed by atoms with Gasteiger partial charge >= 0.3 is 5.97 Å². The highest BCUT2D eigenvalue weighted by molar-refractivity contribution is 5.75. The van der Waals surface area contributed by atoms with Gasteiger partial charge in [0.15, 0.2) is 0 Å². The van der Waals surface area contributed by atoms with Gasteiger partial charge in [-0.3, -0.25) is 9.69 Å². The molecule has 1 saturated carbocycles. The number of hydrogen-bond donors (Lipinski definition) is 0. The van der Waals surface area contributed by atoms with Crippen LogP contribution < -0.4 is 4.74 Å². The lowest BCUT2D eigenvalue weighted by Crippen LogP contribution is -2.40. The monoisotopic (exact) mass is 345 g/mol. The number of rotatable bonds is 8. The normalized spacial score (nSPS) is 15.2. The Morgan fingerprint density at radius 3 is 2.68 bits per heavy atom. The average molecular weight is 345 g/mol. The summed E-state index contributed by atoms with van der Waals surface area (Å²) in [5.74, 6) is 1.57. The molecule has 7 nitrogen and oxygen atoms in total. The molecule has 1 aliphatic rings. The van der Waals surface area contributed by atoms with Crippen molar-refractivity contribution >= 4 is 5.97 Å². The van der Waals surface area contributed by atoms with Gasteiger partial charge in [0.1, 0.15) is 11.8 Å². The Morgan fingerprint density at radius 1 is 1.36 bits per heavy atom. The molecule has 1 aliphatic carbocycles. The van der Waals surface area contributed by atoms with Crippen molar-refractivity contribution in [3.63, 3.8) is 0 Å². The Morgan fingerprint density at radius 2 is 2.08 bits per heavy atom. The molecule has 0 radical (unpaired) electrons. The van der Waals surface area contributed by atoms with Crippen molar-refractivity contribution in [3.8, 4) is 17.1 Å². The summed E-state index contributed by atoms with van der Waals surface area (Å²) in [4.78, 5) is 18.4. The van der Waals surface area contributed by atoms with Crippen molar-refractivity contribution in [3.05, 3.63) is 30.2 Å². The van der Waals surface area contributed by atoms with Crippen LogP contribution in [-0.4, -0.2) is 46.8 Å². The van der Waals surface area contributed by atoms with Gasteiger partial charge in [0, 0.05) is 11.6 Å². The third-order valence-electron chi connectivity index (χ3n) is 4.27. The molecule has 0 N–H and O–H groups in total. The van der Waals surface area contributed by atoms with E-state index in [-0.39, 0.29) is 12.0 Å². The summed E-state index contributed by atoms with van der Waals surface area (Å²) in [5, 5.41) is 4.05. The molecule has 0 aliphatic heterocycles. The maximum atomic E-state index is 11.8. The number of carbonyl (C=O) groups is 1. The molecule has 1 aromatic carbocycles. The van der Waals surface area contributed by atoms with E-state index in [4.69, 9.17) is 14.0 Å². The highest BCUT2D eigenvalue weighted by atomic mass is 16.5. The number of nitrogens with zero attached hydrogens (tertiary/aromatic N) is 3. The van der Waals surface area contributed by atoms with Gasteiger partial charge < -0.3 is 14.0 Å². The van der Waals surface area contributed by atoms with E-state index in [0.29, 0.717) is 30.9 Å². The molecule has 0 amide bonds. The summed E-state index contributed by atoms with van der Waals surface area (Å²) in [6, 6.07) is 7.59. The summed E-state index contributed by atoms with van der Waals surface area (Å²) in [6.45, 7) is 4.85. The first kappa shape index (κ1) is 17.4. The predicted octanol–water partition coefficient (Wildman–Crippen LogP) is 2.66. The smallest absolute Gasteiger partial charge is 0.322 e. The fraction of sp³-hybridized carbons (Fsp3) is 0.500. The second-order valence-corrected chi connectivity index (χ2v) is 6.07. The number of ether oxygens (including phenoxy) is 2. The van der Waals surface area contributed by atoms with Crippen molar-refractivity contribution in [2.24, 2.45) is 0 Å². The number of aromatic nitrogens is 2. The van der Waals surface area contributed by atoms with Gasteiger partial charge in [-0.05, 0) is 51.0 Å². The fourth-order valence-corrected chi connectivity index (χ4v) is 2.75. The Kier molecular flexibility index (Phi) is 5.33. The van der Waals surface area contributed by atoms with Gasteiger partial charge in [0.25, 0.3) is 0 Å². The third-order valence-corrected chi connectivity index (χ3v) is 4.27. The zero-order valence-electron chi connectivity index (χ0n) is 14.8. The maximum Gasteiger partial charge on any atom is 0.322 e. The molecule has 0 bridgehead atoms. The lowest BCUT2D eigenvalue weighted by atomic mass is 10.2. The van der Waals surface area contributed by atoms with Crippen LogP contribution >= 0.6 is 0 Å². The van der Waals surface area contributed by atoms with Crippen LogP contribution in [0.4, 0.5) is 0 Å². The van der Waals surface area contributed by atoms with Crippen molar-refractivity contribution in [2.75, 3.05) is 13.7 Å². The van der Waals surface area contributed by atoms with Crippen LogP contribution in [-0.2, 0) is 16.1 Å². The summed E-state index contributed by atoms with van der Waals surface area (Å²) < 4.78 is 15.7. The number of methoxy groups -OCH3 is 1. The molecular weight excluding hydrogens is 322 g/mol. The molecule has 1 aromatic heterocycles. The van der Waals surface area contributed by atoms with Gasteiger partial charge in [0.2, 0.25) is 11.7 Å². The second-order valence-electron chi connectivity index (χ2n) is 6.07. The zero-order chi connectivity index (χ0) is 17.8. The third kappa shape index (κ3) is 4.17. The first-order valence-corrected chi connectivity index (χ1v) is 8.51. The van der Waals surface area contributed by atoms with Gasteiger partial charge in [-0.1, -0.05) is 5.16 Å². The summed E-state index contributed by atoms with van der Waals surface area (Å²) in [6.07, 6.45) is 2.14. The minimum absolute atomic E-state index is 0.252. The average Bonchev–Trinajstić information content (AvgIpc) is 3.37. The summed E-state index contributed by atoms with van der Waals surface area (Å²) in [5.41, 5.74) is 0.859. The van der Waals surface area contributed by atoms with Gasteiger partial charge in [0.05, 0.1) is 20.3 Å². The highest BCUT2D eigenvalue weighted by Gasteiger charge is 2.36. The fourth-order valence-electron chi connectivity index (χ4n) is 2.75. The van der Waals surface area contributed by atoms with Crippen LogP contribution in [0.25, 0.3) is 11.4 Å². The molecule has 1 atom stereocenters. The molecule has 0 spiro atoms. The van der Waals surface area contributed by atoms with E-state index >= 15 is 0 Å². The quantitative estimate of drug-likeness (QED) is 0.681. The SMILES string of the molecule is CCOc1ccc(-c2noc(CN(C3CC3)[C@H](C)C(=O)OC)n2)cc1. The zero-order valence-corrected chi connectivity index (χ0v) is 14.8. The Hall–Kier alpha value is -2.41. The molecular formula is C18H23N3O4. The minimum atomic E-state index is -0.335. The largest absolute Gasteiger partial charge is 0.494 e. The van der Waals surface area contributed by atoms with Gasteiger partial charge in [-0.15, -0.1) is 0 Å². The molecule has 2 aromatic rings. The van der Waals surface area contributed by atoms with Crippen LogP contribution in [0.2, 0.25) is 0 Å². The van der Waals surface area contributed by atoms with Crippen molar-refractivity contribution in [1.29, 1.82) is 0 Å². The summed E-state index contributed by atoms with van der Waals surface area (Å²) in [7, 11) is 1.40. The van der Waals surface area contributed by atoms with Gasteiger partial charge in [-0.2, -0.15) is 4.98 Å². The Labute approximate surface area is 146 Å². The van der Waals surface area contributed by atoms with Crippen LogP contribution in [0.3, 0.4) is 0 Å². The standard InChI is InChI=1S/C18H23N3O4/c1-4-24-15-9-5-13(6-10-15)17-19-16(25-20-17)11-21(14-7-8-14)12(2)18(22)23-3/h5-6,9-10,12,14H,4,7-8,11H2,1-3H3/t12-/m1/s1. The van der Waals surface area contributed by atoms with E-state index in [9.17, 15) is 4.79 Å². The number of esters is 1. The van der Waals surface area contributed by atoms with E-state index in [1.807, 2.05) is 38.1 Å². The predicted molar refractivity (Wildman–Crippen MR) is 90.9 cm³/mol. The molecule has 1 fully saturated rings.